The molecule has 0 aliphatic heterocycles. The highest BCUT2D eigenvalue weighted by Gasteiger charge is 2.10. The predicted molar refractivity (Wildman–Crippen MR) is 93.7 cm³/mol. The van der Waals surface area contributed by atoms with Crippen molar-refractivity contribution in [1.82, 2.24) is 0 Å². The zero-order valence-electron chi connectivity index (χ0n) is 13.9. The van der Waals surface area contributed by atoms with Gasteiger partial charge in [0.05, 0.1) is 19.8 Å². The van der Waals surface area contributed by atoms with Crippen molar-refractivity contribution < 1.29 is 14.3 Å². The number of methoxy groups -OCH3 is 2. The van der Waals surface area contributed by atoms with Crippen LogP contribution in [0.3, 0.4) is 0 Å². The van der Waals surface area contributed by atoms with E-state index in [0.717, 1.165) is 11.3 Å². The van der Waals surface area contributed by atoms with E-state index in [0.29, 0.717) is 17.1 Å². The average molecular weight is 311 g/mol. The van der Waals surface area contributed by atoms with Crippen molar-refractivity contribution in [3.63, 3.8) is 0 Å². The Morgan fingerprint density at radius 3 is 2.26 bits per heavy atom. The molecule has 0 saturated heterocycles. The van der Waals surface area contributed by atoms with Crippen LogP contribution in [0.1, 0.15) is 15.9 Å². The molecule has 23 heavy (non-hydrogen) atoms. The number of carbonyl (C=O) groups excluding carboxylic acids is 1. The van der Waals surface area contributed by atoms with Crippen LogP contribution in [0.15, 0.2) is 48.5 Å². The molecule has 0 fully saturated rings. The highest BCUT2D eigenvalue weighted by molar-refractivity contribution is 6.08. The maximum atomic E-state index is 12.4. The Labute approximate surface area is 137 Å². The third-order valence-electron chi connectivity index (χ3n) is 3.51. The minimum Gasteiger partial charge on any atom is -0.497 e. The van der Waals surface area contributed by atoms with Gasteiger partial charge in [0.15, 0.2) is 5.78 Å². The number of rotatable bonds is 6. The van der Waals surface area contributed by atoms with Gasteiger partial charge in [0.2, 0.25) is 0 Å². The first-order valence-electron chi connectivity index (χ1n) is 7.27. The van der Waals surface area contributed by atoms with Crippen LogP contribution in [-0.4, -0.2) is 34.1 Å². The fourth-order valence-electron chi connectivity index (χ4n) is 2.15. The molecule has 0 unspecified atom stereocenters. The minimum atomic E-state index is -0.110. The van der Waals surface area contributed by atoms with E-state index in [4.69, 9.17) is 9.47 Å². The zero-order chi connectivity index (χ0) is 16.8. The van der Waals surface area contributed by atoms with Crippen LogP contribution in [-0.2, 0) is 0 Å². The van der Waals surface area contributed by atoms with E-state index in [-0.39, 0.29) is 5.78 Å². The second kappa shape index (κ2) is 7.49. The summed E-state index contributed by atoms with van der Waals surface area (Å²) in [5, 5.41) is 0. The van der Waals surface area contributed by atoms with Gasteiger partial charge in [0, 0.05) is 25.8 Å². The van der Waals surface area contributed by atoms with Crippen LogP contribution in [0.5, 0.6) is 11.5 Å². The van der Waals surface area contributed by atoms with Gasteiger partial charge in [-0.05, 0) is 35.9 Å². The van der Waals surface area contributed by atoms with Crippen molar-refractivity contribution in [1.29, 1.82) is 0 Å². The van der Waals surface area contributed by atoms with Crippen LogP contribution < -0.4 is 14.4 Å². The molecule has 0 spiro atoms. The Morgan fingerprint density at radius 2 is 1.70 bits per heavy atom. The van der Waals surface area contributed by atoms with Crippen LogP contribution in [0.2, 0.25) is 0 Å². The van der Waals surface area contributed by atoms with Crippen molar-refractivity contribution >= 4 is 17.5 Å². The van der Waals surface area contributed by atoms with Crippen molar-refractivity contribution in [3.05, 3.63) is 59.7 Å². The number of hydrogen-bond donors (Lipinski definition) is 0. The molecule has 0 aliphatic rings. The Balaban J connectivity index is 2.18. The van der Waals surface area contributed by atoms with Gasteiger partial charge in [-0.15, -0.1) is 0 Å². The molecule has 0 aliphatic carbocycles. The lowest BCUT2D eigenvalue weighted by molar-refractivity contribution is 0.104. The summed E-state index contributed by atoms with van der Waals surface area (Å²) in [7, 11) is 7.09. The molecule has 0 bridgehead atoms. The lowest BCUT2D eigenvalue weighted by atomic mass is 10.1. The molecule has 2 aromatic rings. The van der Waals surface area contributed by atoms with Crippen LogP contribution in [0, 0.1) is 0 Å². The Kier molecular flexibility index (Phi) is 5.41. The number of hydrogen-bond acceptors (Lipinski definition) is 4. The quantitative estimate of drug-likeness (QED) is 0.603. The maximum Gasteiger partial charge on any atom is 0.189 e. The van der Waals surface area contributed by atoms with E-state index >= 15 is 0 Å². The summed E-state index contributed by atoms with van der Waals surface area (Å²) >= 11 is 0. The summed E-state index contributed by atoms with van der Waals surface area (Å²) < 4.78 is 10.4. The zero-order valence-corrected chi connectivity index (χ0v) is 13.9. The molecule has 0 saturated carbocycles. The third kappa shape index (κ3) is 4.13. The van der Waals surface area contributed by atoms with E-state index in [1.807, 2.05) is 43.3 Å². The molecular formula is C19H21NO3. The highest BCUT2D eigenvalue weighted by atomic mass is 16.5. The molecule has 4 heteroatoms. The van der Waals surface area contributed by atoms with E-state index in [2.05, 4.69) is 0 Å². The summed E-state index contributed by atoms with van der Waals surface area (Å²) in [6.45, 7) is 0. The standard InChI is InChI=1S/C19H21NO3/c1-20(2)15-8-5-14(6-9-15)7-12-18(21)17-11-10-16(22-3)13-19(17)23-4/h5-13H,1-4H3/b12-7+. The van der Waals surface area contributed by atoms with E-state index in [9.17, 15) is 4.79 Å². The molecule has 2 rings (SSSR count). The summed E-state index contributed by atoms with van der Waals surface area (Å²) in [5.74, 6) is 1.05. The van der Waals surface area contributed by atoms with Gasteiger partial charge in [-0.25, -0.2) is 0 Å². The van der Waals surface area contributed by atoms with Crippen LogP contribution in [0.4, 0.5) is 5.69 Å². The first-order valence-corrected chi connectivity index (χ1v) is 7.27. The second-order valence-electron chi connectivity index (χ2n) is 5.25. The number of ketones is 1. The fraction of sp³-hybridized carbons (Fsp3) is 0.211. The summed E-state index contributed by atoms with van der Waals surface area (Å²) in [6.07, 6.45) is 3.35. The lowest BCUT2D eigenvalue weighted by Gasteiger charge is -2.11. The largest absolute Gasteiger partial charge is 0.497 e. The number of carbonyl (C=O) groups is 1. The summed E-state index contributed by atoms with van der Waals surface area (Å²) in [5.41, 5.74) is 2.59. The molecule has 0 atom stereocenters. The number of anilines is 1. The Bertz CT molecular complexity index is 703. The summed E-state index contributed by atoms with van der Waals surface area (Å²) in [6, 6.07) is 13.1. The van der Waals surface area contributed by atoms with Crippen molar-refractivity contribution in [2.45, 2.75) is 0 Å². The number of benzene rings is 2. The Morgan fingerprint density at radius 1 is 1.00 bits per heavy atom. The molecule has 0 radical (unpaired) electrons. The van der Waals surface area contributed by atoms with E-state index in [1.54, 1.807) is 37.5 Å². The van der Waals surface area contributed by atoms with Gasteiger partial charge in [0.25, 0.3) is 0 Å². The second-order valence-corrected chi connectivity index (χ2v) is 5.25. The molecule has 0 amide bonds. The number of ether oxygens (including phenoxy) is 2. The maximum absolute atomic E-state index is 12.4. The first-order chi connectivity index (χ1) is 11.0. The van der Waals surface area contributed by atoms with Gasteiger partial charge in [-0.2, -0.15) is 0 Å². The predicted octanol–water partition coefficient (Wildman–Crippen LogP) is 3.67. The molecule has 0 N–H and O–H groups in total. The molecular weight excluding hydrogens is 290 g/mol. The third-order valence-corrected chi connectivity index (χ3v) is 3.51. The SMILES string of the molecule is COc1ccc(C(=O)/C=C/c2ccc(N(C)C)cc2)c(OC)c1. The van der Waals surface area contributed by atoms with Crippen molar-refractivity contribution in [2.24, 2.45) is 0 Å². The number of allylic oxidation sites excluding steroid dienone is 1. The topological polar surface area (TPSA) is 38.8 Å². The first kappa shape index (κ1) is 16.6. The lowest BCUT2D eigenvalue weighted by Crippen LogP contribution is -2.07. The molecule has 2 aromatic carbocycles. The molecule has 0 aromatic heterocycles. The van der Waals surface area contributed by atoms with Gasteiger partial charge in [-0.3, -0.25) is 4.79 Å². The van der Waals surface area contributed by atoms with Gasteiger partial charge < -0.3 is 14.4 Å². The van der Waals surface area contributed by atoms with Gasteiger partial charge >= 0.3 is 0 Å². The molecule has 0 heterocycles. The fourth-order valence-corrected chi connectivity index (χ4v) is 2.15. The molecule has 120 valence electrons. The normalized spacial score (nSPS) is 10.6. The smallest absolute Gasteiger partial charge is 0.189 e. The average Bonchev–Trinajstić information content (AvgIpc) is 2.59. The Hall–Kier alpha value is -2.75. The van der Waals surface area contributed by atoms with Crippen molar-refractivity contribution in [3.8, 4) is 11.5 Å². The van der Waals surface area contributed by atoms with Crippen LogP contribution >= 0.6 is 0 Å². The van der Waals surface area contributed by atoms with Crippen LogP contribution in [0.25, 0.3) is 6.08 Å². The van der Waals surface area contributed by atoms with E-state index < -0.39 is 0 Å². The monoisotopic (exact) mass is 311 g/mol. The van der Waals surface area contributed by atoms with Gasteiger partial charge in [-0.1, -0.05) is 18.2 Å². The van der Waals surface area contributed by atoms with Crippen molar-refractivity contribution in [2.75, 3.05) is 33.2 Å². The van der Waals surface area contributed by atoms with E-state index in [1.165, 1.54) is 7.11 Å². The minimum absolute atomic E-state index is 0.110. The van der Waals surface area contributed by atoms with Gasteiger partial charge in [0.1, 0.15) is 11.5 Å². The highest BCUT2D eigenvalue weighted by Crippen LogP contribution is 2.25. The summed E-state index contributed by atoms with van der Waals surface area (Å²) in [4.78, 5) is 14.4. The number of nitrogens with zero attached hydrogens (tertiary/aromatic N) is 1. The molecule has 4 nitrogen and oxygen atoms in total.